The molecule has 0 radical (unpaired) electrons. The molecule has 112 valence electrons. The quantitative estimate of drug-likeness (QED) is 0.873. The highest BCUT2D eigenvalue weighted by atomic mass is 19.4. The first-order chi connectivity index (χ1) is 9.44. The third kappa shape index (κ3) is 3.74. The maximum absolute atomic E-state index is 12.9. The number of alkyl halides is 3. The van der Waals surface area contributed by atoms with Crippen molar-refractivity contribution in [3.8, 4) is 0 Å². The molecule has 0 aromatic carbocycles. The highest BCUT2D eigenvalue weighted by Gasteiger charge is 2.34. The first-order valence-corrected chi connectivity index (χ1v) is 6.83. The van der Waals surface area contributed by atoms with E-state index < -0.39 is 11.9 Å². The number of halogens is 3. The summed E-state index contributed by atoms with van der Waals surface area (Å²) >= 11 is 0. The maximum atomic E-state index is 12.9. The Kier molecular flexibility index (Phi) is 4.35. The van der Waals surface area contributed by atoms with Gasteiger partial charge in [-0.15, -0.1) is 0 Å². The van der Waals surface area contributed by atoms with Gasteiger partial charge in [-0.25, -0.2) is 4.98 Å². The molecule has 1 heterocycles. The molecule has 0 spiro atoms. The Morgan fingerprint density at radius 1 is 1.35 bits per heavy atom. The third-order valence-corrected chi connectivity index (χ3v) is 3.22. The fourth-order valence-corrected chi connectivity index (χ4v) is 2.03. The molecular weight excluding hydrogens is 269 g/mol. The van der Waals surface area contributed by atoms with Gasteiger partial charge in [0.05, 0.1) is 0 Å². The first-order valence-electron chi connectivity index (χ1n) is 6.83. The van der Waals surface area contributed by atoms with Gasteiger partial charge in [-0.3, -0.25) is 0 Å². The Bertz CT molecular complexity index is 457. The van der Waals surface area contributed by atoms with E-state index in [1.807, 2.05) is 11.8 Å². The lowest BCUT2D eigenvalue weighted by molar-refractivity contribution is -0.141. The van der Waals surface area contributed by atoms with Crippen LogP contribution in [0.2, 0.25) is 0 Å². The summed E-state index contributed by atoms with van der Waals surface area (Å²) in [5.41, 5.74) is -0.899. The van der Waals surface area contributed by atoms with Crippen molar-refractivity contribution < 1.29 is 13.2 Å². The van der Waals surface area contributed by atoms with E-state index in [4.69, 9.17) is 0 Å². The zero-order valence-electron chi connectivity index (χ0n) is 11.7. The van der Waals surface area contributed by atoms with Gasteiger partial charge < -0.3 is 10.2 Å². The van der Waals surface area contributed by atoms with Crippen LogP contribution in [0, 0.1) is 5.92 Å². The van der Waals surface area contributed by atoms with Gasteiger partial charge >= 0.3 is 6.18 Å². The number of hydrogen-bond donors (Lipinski definition) is 1. The predicted octanol–water partition coefficient (Wildman–Crippen LogP) is 3.16. The summed E-state index contributed by atoms with van der Waals surface area (Å²) in [6.45, 7) is 3.48. The molecule has 0 aliphatic heterocycles. The zero-order valence-corrected chi connectivity index (χ0v) is 11.7. The van der Waals surface area contributed by atoms with Crippen molar-refractivity contribution in [2.75, 3.05) is 30.4 Å². The first kappa shape index (κ1) is 14.9. The monoisotopic (exact) mass is 288 g/mol. The molecule has 1 aliphatic rings. The SMILES string of the molecule is CCCN(CC1CC1)c1cc(C(F)(F)F)nc(NC)n1. The molecule has 1 saturated carbocycles. The average Bonchev–Trinajstić information content (AvgIpc) is 3.20. The van der Waals surface area contributed by atoms with Crippen LogP contribution in [0.25, 0.3) is 0 Å². The number of anilines is 2. The van der Waals surface area contributed by atoms with Gasteiger partial charge in [0, 0.05) is 26.2 Å². The summed E-state index contributed by atoms with van der Waals surface area (Å²) in [5, 5.41) is 2.60. The Balaban J connectivity index is 2.31. The molecule has 0 amide bonds. The Morgan fingerprint density at radius 2 is 2.05 bits per heavy atom. The van der Waals surface area contributed by atoms with E-state index in [0.717, 1.165) is 31.9 Å². The topological polar surface area (TPSA) is 41.1 Å². The summed E-state index contributed by atoms with van der Waals surface area (Å²) in [4.78, 5) is 9.58. The lowest BCUT2D eigenvalue weighted by Gasteiger charge is -2.24. The molecule has 1 aromatic rings. The third-order valence-electron chi connectivity index (χ3n) is 3.22. The molecule has 1 N–H and O–H groups in total. The second-order valence-corrected chi connectivity index (χ2v) is 5.07. The maximum Gasteiger partial charge on any atom is 0.433 e. The zero-order chi connectivity index (χ0) is 14.8. The van der Waals surface area contributed by atoms with Crippen molar-refractivity contribution in [1.29, 1.82) is 0 Å². The largest absolute Gasteiger partial charge is 0.433 e. The van der Waals surface area contributed by atoms with Gasteiger partial charge in [0.25, 0.3) is 0 Å². The van der Waals surface area contributed by atoms with Crippen LogP contribution in [-0.2, 0) is 6.18 Å². The molecule has 0 unspecified atom stereocenters. The predicted molar refractivity (Wildman–Crippen MR) is 71.8 cm³/mol. The number of rotatable bonds is 6. The van der Waals surface area contributed by atoms with Crippen molar-refractivity contribution in [3.05, 3.63) is 11.8 Å². The second-order valence-electron chi connectivity index (χ2n) is 5.07. The highest BCUT2D eigenvalue weighted by molar-refractivity contribution is 5.45. The molecule has 1 aliphatic carbocycles. The van der Waals surface area contributed by atoms with E-state index in [-0.39, 0.29) is 5.95 Å². The van der Waals surface area contributed by atoms with Crippen molar-refractivity contribution in [1.82, 2.24) is 9.97 Å². The Labute approximate surface area is 116 Å². The number of nitrogens with zero attached hydrogens (tertiary/aromatic N) is 3. The van der Waals surface area contributed by atoms with Gasteiger partial charge in [0.15, 0.2) is 5.69 Å². The van der Waals surface area contributed by atoms with Crippen molar-refractivity contribution in [3.63, 3.8) is 0 Å². The number of nitrogens with one attached hydrogen (secondary N) is 1. The van der Waals surface area contributed by atoms with Crippen LogP contribution >= 0.6 is 0 Å². The van der Waals surface area contributed by atoms with Crippen molar-refractivity contribution in [2.24, 2.45) is 5.92 Å². The molecule has 1 fully saturated rings. The van der Waals surface area contributed by atoms with Crippen molar-refractivity contribution >= 4 is 11.8 Å². The molecule has 0 atom stereocenters. The van der Waals surface area contributed by atoms with Gasteiger partial charge in [-0.1, -0.05) is 6.92 Å². The van der Waals surface area contributed by atoms with Crippen LogP contribution in [-0.4, -0.2) is 30.1 Å². The Hall–Kier alpha value is -1.53. The molecule has 20 heavy (non-hydrogen) atoms. The summed E-state index contributed by atoms with van der Waals surface area (Å²) in [7, 11) is 1.52. The van der Waals surface area contributed by atoms with Gasteiger partial charge in [0.2, 0.25) is 5.95 Å². The van der Waals surface area contributed by atoms with Crippen LogP contribution in [0.5, 0.6) is 0 Å². The van der Waals surface area contributed by atoms with E-state index in [9.17, 15) is 13.2 Å². The van der Waals surface area contributed by atoms with E-state index in [1.54, 1.807) is 0 Å². The van der Waals surface area contributed by atoms with E-state index in [0.29, 0.717) is 18.3 Å². The number of aromatic nitrogens is 2. The molecule has 1 aromatic heterocycles. The molecule has 2 rings (SSSR count). The second kappa shape index (κ2) is 5.85. The normalized spacial score (nSPS) is 15.2. The Morgan fingerprint density at radius 3 is 2.55 bits per heavy atom. The van der Waals surface area contributed by atoms with E-state index in [1.165, 1.54) is 7.05 Å². The van der Waals surface area contributed by atoms with E-state index in [2.05, 4.69) is 15.3 Å². The minimum absolute atomic E-state index is 0.00623. The van der Waals surface area contributed by atoms with Gasteiger partial charge in [-0.2, -0.15) is 18.2 Å². The van der Waals surface area contributed by atoms with Crippen LogP contribution < -0.4 is 10.2 Å². The van der Waals surface area contributed by atoms with Gasteiger partial charge in [-0.05, 0) is 25.2 Å². The summed E-state index contributed by atoms with van der Waals surface area (Å²) in [5.74, 6) is 0.945. The summed E-state index contributed by atoms with van der Waals surface area (Å²) in [6.07, 6.45) is -1.29. The summed E-state index contributed by atoms with van der Waals surface area (Å²) in [6, 6.07) is 1.04. The summed E-state index contributed by atoms with van der Waals surface area (Å²) < 4.78 is 38.6. The van der Waals surface area contributed by atoms with Crippen LogP contribution in [0.3, 0.4) is 0 Å². The highest BCUT2D eigenvalue weighted by Crippen LogP contribution is 2.33. The van der Waals surface area contributed by atoms with Crippen molar-refractivity contribution in [2.45, 2.75) is 32.4 Å². The molecular formula is C13H19F3N4. The van der Waals surface area contributed by atoms with Crippen LogP contribution in [0.1, 0.15) is 31.9 Å². The van der Waals surface area contributed by atoms with Gasteiger partial charge in [0.1, 0.15) is 5.82 Å². The van der Waals surface area contributed by atoms with Crippen LogP contribution in [0.15, 0.2) is 6.07 Å². The van der Waals surface area contributed by atoms with E-state index >= 15 is 0 Å². The molecule has 4 nitrogen and oxygen atoms in total. The van der Waals surface area contributed by atoms with Crippen LogP contribution in [0.4, 0.5) is 24.9 Å². The average molecular weight is 288 g/mol. The minimum Gasteiger partial charge on any atom is -0.357 e. The molecule has 0 bridgehead atoms. The lowest BCUT2D eigenvalue weighted by atomic mass is 10.3. The minimum atomic E-state index is -4.46. The number of hydrogen-bond acceptors (Lipinski definition) is 4. The fraction of sp³-hybridized carbons (Fsp3) is 0.692. The molecule has 7 heteroatoms. The fourth-order valence-electron chi connectivity index (χ4n) is 2.03. The smallest absolute Gasteiger partial charge is 0.357 e. The molecule has 0 saturated heterocycles. The standard InChI is InChI=1S/C13H19F3N4/c1-3-6-20(8-9-4-5-9)11-7-10(13(14,15)16)18-12(17-2)19-11/h7,9H,3-6,8H2,1-2H3,(H,17,18,19). The lowest BCUT2D eigenvalue weighted by Crippen LogP contribution is -2.28.